The van der Waals surface area contributed by atoms with Gasteiger partial charge in [-0.05, 0) is 35.0 Å². The number of aliphatic hydroxyl groups excluding tert-OH is 1. The smallest absolute Gasteiger partial charge is 0.246 e. The average Bonchev–Trinajstić information content (AvgIpc) is 2.80. The maximum atomic E-state index is 11.8. The first kappa shape index (κ1) is 13.7. The van der Waals surface area contributed by atoms with Gasteiger partial charge in [0.1, 0.15) is 12.2 Å². The lowest BCUT2D eigenvalue weighted by Crippen LogP contribution is -2.19. The van der Waals surface area contributed by atoms with Crippen molar-refractivity contribution in [2.24, 2.45) is 0 Å². The highest BCUT2D eigenvalue weighted by atomic mass is 79.9. The van der Waals surface area contributed by atoms with Gasteiger partial charge < -0.3 is 10.4 Å². The average molecular weight is 325 g/mol. The molecule has 0 aliphatic heterocycles. The molecular formula is C12H13BrN4O2. The van der Waals surface area contributed by atoms with Crippen molar-refractivity contribution in [1.29, 1.82) is 0 Å². The van der Waals surface area contributed by atoms with Crippen molar-refractivity contribution in [3.63, 3.8) is 0 Å². The zero-order valence-electron chi connectivity index (χ0n) is 10.2. The van der Waals surface area contributed by atoms with E-state index >= 15 is 0 Å². The number of rotatable bonds is 4. The van der Waals surface area contributed by atoms with E-state index in [2.05, 4.69) is 31.6 Å². The summed E-state index contributed by atoms with van der Waals surface area (Å²) in [6, 6.07) is 7.34. The van der Waals surface area contributed by atoms with Crippen LogP contribution in [-0.4, -0.2) is 26.0 Å². The van der Waals surface area contributed by atoms with Crippen LogP contribution in [0.3, 0.4) is 0 Å². The van der Waals surface area contributed by atoms with Gasteiger partial charge >= 0.3 is 0 Å². The first-order valence-electron chi connectivity index (χ1n) is 5.68. The van der Waals surface area contributed by atoms with Crippen molar-refractivity contribution < 1.29 is 9.90 Å². The summed E-state index contributed by atoms with van der Waals surface area (Å²) >= 11 is 3.35. The molecular weight excluding hydrogens is 312 g/mol. The molecule has 1 aromatic heterocycles. The van der Waals surface area contributed by atoms with Crippen LogP contribution in [0.15, 0.2) is 34.9 Å². The highest BCUT2D eigenvalue weighted by Gasteiger charge is 2.10. The molecule has 7 heteroatoms. The Morgan fingerprint density at radius 3 is 2.89 bits per heavy atom. The van der Waals surface area contributed by atoms with E-state index in [0.717, 1.165) is 4.47 Å². The Kier molecular flexibility index (Phi) is 4.28. The molecule has 1 atom stereocenters. The molecule has 0 aliphatic carbocycles. The van der Waals surface area contributed by atoms with Gasteiger partial charge in [0.05, 0.1) is 18.0 Å². The normalized spacial score (nSPS) is 12.2. The van der Waals surface area contributed by atoms with Crippen molar-refractivity contribution >= 4 is 27.5 Å². The number of para-hydroxylation sites is 1. The number of amides is 1. The van der Waals surface area contributed by atoms with Crippen LogP contribution in [0, 0.1) is 0 Å². The molecule has 19 heavy (non-hydrogen) atoms. The predicted octanol–water partition coefficient (Wildman–Crippen LogP) is 1.73. The van der Waals surface area contributed by atoms with Crippen molar-refractivity contribution in [3.8, 4) is 0 Å². The molecule has 1 heterocycles. The lowest BCUT2D eigenvalue weighted by Gasteiger charge is -2.06. The summed E-state index contributed by atoms with van der Waals surface area (Å²) in [5, 5.41) is 19.6. The van der Waals surface area contributed by atoms with Gasteiger partial charge in [0.15, 0.2) is 0 Å². The van der Waals surface area contributed by atoms with Crippen molar-refractivity contribution in [3.05, 3.63) is 40.6 Å². The largest absolute Gasteiger partial charge is 0.387 e. The van der Waals surface area contributed by atoms with E-state index in [0.29, 0.717) is 11.4 Å². The van der Waals surface area contributed by atoms with Gasteiger partial charge in [0, 0.05) is 4.47 Å². The topological polar surface area (TPSA) is 80.0 Å². The van der Waals surface area contributed by atoms with Gasteiger partial charge in [-0.25, -0.2) is 4.68 Å². The number of nitrogens with one attached hydrogen (secondary N) is 1. The highest BCUT2D eigenvalue weighted by Crippen LogP contribution is 2.21. The Hall–Kier alpha value is -1.73. The zero-order chi connectivity index (χ0) is 13.8. The van der Waals surface area contributed by atoms with Crippen molar-refractivity contribution in [2.45, 2.75) is 19.6 Å². The van der Waals surface area contributed by atoms with E-state index < -0.39 is 6.10 Å². The number of hydrogen-bond acceptors (Lipinski definition) is 4. The fourth-order valence-corrected chi connectivity index (χ4v) is 1.87. The maximum absolute atomic E-state index is 11.8. The monoisotopic (exact) mass is 324 g/mol. The van der Waals surface area contributed by atoms with Crippen LogP contribution < -0.4 is 5.32 Å². The molecule has 0 bridgehead atoms. The highest BCUT2D eigenvalue weighted by molar-refractivity contribution is 9.10. The molecule has 6 nitrogen and oxygen atoms in total. The number of halogens is 1. The standard InChI is InChI=1S/C12H13BrN4O2/c1-8(18)11-6-17(16-15-11)7-12(19)14-10-5-3-2-4-9(10)13/h2-6,8,18H,7H2,1H3,(H,14,19). The lowest BCUT2D eigenvalue weighted by molar-refractivity contribution is -0.116. The molecule has 1 aromatic carbocycles. The number of benzene rings is 1. The number of anilines is 1. The Morgan fingerprint density at radius 1 is 1.53 bits per heavy atom. The third-order valence-electron chi connectivity index (χ3n) is 2.44. The number of nitrogens with zero attached hydrogens (tertiary/aromatic N) is 3. The number of hydrogen-bond donors (Lipinski definition) is 2. The number of carbonyl (C=O) groups excluding carboxylic acids is 1. The maximum Gasteiger partial charge on any atom is 0.246 e. The van der Waals surface area contributed by atoms with Crippen LogP contribution in [-0.2, 0) is 11.3 Å². The second-order valence-corrected chi connectivity index (χ2v) is 4.90. The minimum atomic E-state index is -0.694. The Morgan fingerprint density at radius 2 is 2.26 bits per heavy atom. The van der Waals surface area contributed by atoms with E-state index in [9.17, 15) is 9.90 Å². The van der Waals surface area contributed by atoms with Crippen LogP contribution in [0.5, 0.6) is 0 Å². The summed E-state index contributed by atoms with van der Waals surface area (Å²) in [6.07, 6.45) is 0.852. The van der Waals surface area contributed by atoms with Crippen LogP contribution in [0.1, 0.15) is 18.7 Å². The molecule has 1 amide bonds. The zero-order valence-corrected chi connectivity index (χ0v) is 11.8. The third kappa shape index (κ3) is 3.62. The summed E-state index contributed by atoms with van der Waals surface area (Å²) in [4.78, 5) is 11.8. The van der Waals surface area contributed by atoms with Gasteiger partial charge in [-0.1, -0.05) is 17.3 Å². The summed E-state index contributed by atoms with van der Waals surface area (Å²) in [7, 11) is 0. The Labute approximate surface area is 118 Å². The molecule has 2 aromatic rings. The van der Waals surface area contributed by atoms with Gasteiger partial charge in [0.2, 0.25) is 5.91 Å². The van der Waals surface area contributed by atoms with E-state index in [1.54, 1.807) is 19.2 Å². The minimum absolute atomic E-state index is 0.0427. The summed E-state index contributed by atoms with van der Waals surface area (Å²) < 4.78 is 2.19. The molecule has 0 aliphatic rings. The number of aromatic nitrogens is 3. The molecule has 2 rings (SSSR count). The van der Waals surface area contributed by atoms with Gasteiger partial charge in [-0.3, -0.25) is 4.79 Å². The molecule has 1 unspecified atom stereocenters. The fourth-order valence-electron chi connectivity index (χ4n) is 1.48. The Bertz CT molecular complexity index is 583. The van der Waals surface area contributed by atoms with E-state index in [4.69, 9.17) is 0 Å². The molecule has 0 fully saturated rings. The lowest BCUT2D eigenvalue weighted by atomic mass is 10.3. The first-order valence-corrected chi connectivity index (χ1v) is 6.48. The second kappa shape index (κ2) is 5.94. The van der Waals surface area contributed by atoms with Gasteiger partial charge in [-0.15, -0.1) is 5.10 Å². The fraction of sp³-hybridized carbons (Fsp3) is 0.250. The molecule has 100 valence electrons. The van der Waals surface area contributed by atoms with Crippen LogP contribution >= 0.6 is 15.9 Å². The number of carbonyl (C=O) groups is 1. The van der Waals surface area contributed by atoms with Crippen LogP contribution in [0.2, 0.25) is 0 Å². The van der Waals surface area contributed by atoms with Crippen LogP contribution in [0.25, 0.3) is 0 Å². The molecule has 0 saturated heterocycles. The number of aliphatic hydroxyl groups is 1. The second-order valence-electron chi connectivity index (χ2n) is 4.04. The van der Waals surface area contributed by atoms with E-state index in [1.807, 2.05) is 18.2 Å². The SMILES string of the molecule is CC(O)c1cn(CC(=O)Nc2ccccc2Br)nn1. The summed E-state index contributed by atoms with van der Waals surface area (Å²) in [5.41, 5.74) is 1.14. The van der Waals surface area contributed by atoms with Crippen LogP contribution in [0.4, 0.5) is 5.69 Å². The molecule has 0 saturated carbocycles. The van der Waals surface area contributed by atoms with E-state index in [1.165, 1.54) is 4.68 Å². The first-order chi connectivity index (χ1) is 9.06. The Balaban J connectivity index is 1.99. The molecule has 2 N–H and O–H groups in total. The minimum Gasteiger partial charge on any atom is -0.387 e. The van der Waals surface area contributed by atoms with Crippen molar-refractivity contribution in [1.82, 2.24) is 15.0 Å². The molecule has 0 radical (unpaired) electrons. The van der Waals surface area contributed by atoms with Crippen molar-refractivity contribution in [2.75, 3.05) is 5.32 Å². The summed E-state index contributed by atoms with van der Waals surface area (Å²) in [6.45, 7) is 1.64. The third-order valence-corrected chi connectivity index (χ3v) is 3.13. The van der Waals surface area contributed by atoms with Gasteiger partial charge in [-0.2, -0.15) is 0 Å². The predicted molar refractivity (Wildman–Crippen MR) is 73.4 cm³/mol. The van der Waals surface area contributed by atoms with Gasteiger partial charge in [0.25, 0.3) is 0 Å². The quantitative estimate of drug-likeness (QED) is 0.897. The van der Waals surface area contributed by atoms with E-state index in [-0.39, 0.29) is 12.5 Å². The summed E-state index contributed by atoms with van der Waals surface area (Å²) in [5.74, 6) is -0.214. The molecule has 0 spiro atoms.